The molecule has 0 radical (unpaired) electrons. The third-order valence-corrected chi connectivity index (χ3v) is 3.77. The molecular formula is C15H23NO4. The fraction of sp³-hybridized carbons (Fsp3) is 0.667. The number of hydrogen-bond donors (Lipinski definition) is 1. The molecule has 0 aliphatic carbocycles. The number of pyridine rings is 1. The summed E-state index contributed by atoms with van der Waals surface area (Å²) in [5, 5.41) is 10.7. The quantitative estimate of drug-likeness (QED) is 0.865. The first-order chi connectivity index (χ1) is 9.72. The number of methoxy groups -OCH3 is 1. The summed E-state index contributed by atoms with van der Waals surface area (Å²) in [6, 6.07) is 1.84. The van der Waals surface area contributed by atoms with Gasteiger partial charge >= 0.3 is 0 Å². The molecule has 1 aromatic heterocycles. The van der Waals surface area contributed by atoms with Crippen LogP contribution in [0.1, 0.15) is 37.9 Å². The Labute approximate surface area is 119 Å². The topological polar surface area (TPSA) is 60.8 Å². The van der Waals surface area contributed by atoms with Crippen LogP contribution >= 0.6 is 0 Å². The van der Waals surface area contributed by atoms with E-state index in [1.807, 2.05) is 13.0 Å². The van der Waals surface area contributed by atoms with Crippen molar-refractivity contribution in [2.45, 2.75) is 37.9 Å². The second-order valence-corrected chi connectivity index (χ2v) is 5.09. The predicted octanol–water partition coefficient (Wildman–Crippen LogP) is 2.10. The third-order valence-electron chi connectivity index (χ3n) is 3.77. The van der Waals surface area contributed by atoms with Crippen molar-refractivity contribution in [1.29, 1.82) is 0 Å². The number of rotatable bonds is 6. The zero-order valence-electron chi connectivity index (χ0n) is 12.2. The van der Waals surface area contributed by atoms with E-state index in [1.165, 1.54) is 0 Å². The van der Waals surface area contributed by atoms with Gasteiger partial charge in [-0.15, -0.1) is 0 Å². The first-order valence-electron chi connectivity index (χ1n) is 7.10. The molecule has 112 valence electrons. The second kappa shape index (κ2) is 7.02. The molecule has 1 saturated heterocycles. The molecule has 1 unspecified atom stereocenters. The van der Waals surface area contributed by atoms with E-state index >= 15 is 0 Å². The molecule has 1 aromatic rings. The maximum absolute atomic E-state index is 10.7. The molecule has 1 aliphatic rings. The van der Waals surface area contributed by atoms with Gasteiger partial charge < -0.3 is 19.3 Å². The highest BCUT2D eigenvalue weighted by atomic mass is 16.5. The van der Waals surface area contributed by atoms with Crippen LogP contribution in [-0.4, -0.2) is 42.6 Å². The number of hydrogen-bond acceptors (Lipinski definition) is 5. The van der Waals surface area contributed by atoms with E-state index in [9.17, 15) is 5.11 Å². The lowest BCUT2D eigenvalue weighted by atomic mass is 9.84. The van der Waals surface area contributed by atoms with Crippen molar-refractivity contribution >= 4 is 0 Å². The van der Waals surface area contributed by atoms with Crippen molar-refractivity contribution in [3.8, 4) is 5.75 Å². The average Bonchev–Trinajstić information content (AvgIpc) is 2.53. The first-order valence-corrected chi connectivity index (χ1v) is 7.10. The monoisotopic (exact) mass is 281 g/mol. The Balaban J connectivity index is 2.16. The molecule has 5 heteroatoms. The van der Waals surface area contributed by atoms with Gasteiger partial charge in [-0.1, -0.05) is 6.92 Å². The van der Waals surface area contributed by atoms with Crippen LogP contribution in [0.2, 0.25) is 0 Å². The Kier molecular flexibility index (Phi) is 5.34. The van der Waals surface area contributed by atoms with Crippen molar-refractivity contribution in [3.05, 3.63) is 24.0 Å². The average molecular weight is 281 g/mol. The second-order valence-electron chi connectivity index (χ2n) is 5.09. The smallest absolute Gasteiger partial charge is 0.137 e. The minimum absolute atomic E-state index is 0.594. The number of nitrogens with zero attached hydrogens (tertiary/aromatic N) is 1. The summed E-state index contributed by atoms with van der Waals surface area (Å²) in [4.78, 5) is 4.15. The molecule has 0 aromatic carbocycles. The van der Waals surface area contributed by atoms with E-state index in [-0.39, 0.29) is 0 Å². The zero-order valence-corrected chi connectivity index (χ0v) is 12.2. The van der Waals surface area contributed by atoms with Crippen molar-refractivity contribution in [2.24, 2.45) is 0 Å². The van der Waals surface area contributed by atoms with E-state index in [4.69, 9.17) is 14.2 Å². The van der Waals surface area contributed by atoms with Crippen LogP contribution in [0.15, 0.2) is 18.5 Å². The highest BCUT2D eigenvalue weighted by molar-refractivity contribution is 5.27. The van der Waals surface area contributed by atoms with E-state index in [1.54, 1.807) is 19.5 Å². The fourth-order valence-electron chi connectivity index (χ4n) is 2.49. The van der Waals surface area contributed by atoms with Crippen LogP contribution in [0.4, 0.5) is 0 Å². The van der Waals surface area contributed by atoms with Gasteiger partial charge in [0.05, 0.1) is 12.8 Å². The van der Waals surface area contributed by atoms with Gasteiger partial charge in [-0.3, -0.25) is 4.98 Å². The van der Waals surface area contributed by atoms with Crippen molar-refractivity contribution < 1.29 is 19.3 Å². The summed E-state index contributed by atoms with van der Waals surface area (Å²) in [6.07, 6.45) is 4.88. The Morgan fingerprint density at radius 3 is 2.80 bits per heavy atom. The number of aliphatic hydroxyl groups excluding tert-OH is 1. The SMILES string of the molecule is CCCOc1cncc(C(O)C2(OC)CCOCC2)c1. The maximum Gasteiger partial charge on any atom is 0.137 e. The zero-order chi connectivity index (χ0) is 14.4. The standard InChI is InChI=1S/C15H23NO4/c1-3-6-20-13-9-12(10-16-11-13)14(17)15(18-2)4-7-19-8-5-15/h9-11,14,17H,3-8H2,1-2H3. The highest BCUT2D eigenvalue weighted by Crippen LogP contribution is 2.37. The Hall–Kier alpha value is -1.17. The van der Waals surface area contributed by atoms with Gasteiger partial charge in [-0.05, 0) is 12.5 Å². The van der Waals surface area contributed by atoms with Crippen LogP contribution in [0.5, 0.6) is 5.75 Å². The molecule has 0 spiro atoms. The van der Waals surface area contributed by atoms with Crippen LogP contribution < -0.4 is 4.74 Å². The van der Waals surface area contributed by atoms with Gasteiger partial charge in [-0.2, -0.15) is 0 Å². The van der Waals surface area contributed by atoms with Crippen LogP contribution in [0, 0.1) is 0 Å². The molecular weight excluding hydrogens is 258 g/mol. The number of aliphatic hydroxyl groups is 1. The minimum atomic E-state index is -0.728. The molecule has 2 heterocycles. The summed E-state index contributed by atoms with van der Waals surface area (Å²) in [5.41, 5.74) is 0.130. The molecule has 0 bridgehead atoms. The Morgan fingerprint density at radius 2 is 2.15 bits per heavy atom. The van der Waals surface area contributed by atoms with Crippen LogP contribution in [-0.2, 0) is 9.47 Å². The van der Waals surface area contributed by atoms with Crippen molar-refractivity contribution in [2.75, 3.05) is 26.9 Å². The molecule has 1 aliphatic heterocycles. The predicted molar refractivity (Wildman–Crippen MR) is 74.8 cm³/mol. The van der Waals surface area contributed by atoms with E-state index in [2.05, 4.69) is 4.98 Å². The summed E-state index contributed by atoms with van der Waals surface area (Å²) < 4.78 is 16.5. The van der Waals surface area contributed by atoms with Crippen molar-refractivity contribution in [1.82, 2.24) is 4.98 Å². The lowest BCUT2D eigenvalue weighted by molar-refractivity contribution is -0.154. The van der Waals surface area contributed by atoms with Gasteiger partial charge in [0.1, 0.15) is 17.5 Å². The number of ether oxygens (including phenoxy) is 3. The lowest BCUT2D eigenvalue weighted by Gasteiger charge is -2.39. The van der Waals surface area contributed by atoms with E-state index in [0.29, 0.717) is 38.4 Å². The van der Waals surface area contributed by atoms with Gasteiger partial charge in [0.2, 0.25) is 0 Å². The van der Waals surface area contributed by atoms with Gasteiger partial charge in [0, 0.05) is 44.9 Å². The molecule has 1 fully saturated rings. The van der Waals surface area contributed by atoms with Gasteiger partial charge in [0.25, 0.3) is 0 Å². The largest absolute Gasteiger partial charge is 0.492 e. The minimum Gasteiger partial charge on any atom is -0.492 e. The maximum atomic E-state index is 10.7. The molecule has 5 nitrogen and oxygen atoms in total. The van der Waals surface area contributed by atoms with Crippen LogP contribution in [0.3, 0.4) is 0 Å². The van der Waals surface area contributed by atoms with Crippen LogP contribution in [0.25, 0.3) is 0 Å². The summed E-state index contributed by atoms with van der Waals surface area (Å²) in [6.45, 7) is 3.90. The molecule has 20 heavy (non-hydrogen) atoms. The van der Waals surface area contributed by atoms with Gasteiger partial charge in [0.15, 0.2) is 0 Å². The fourth-order valence-corrected chi connectivity index (χ4v) is 2.49. The molecule has 0 saturated carbocycles. The third kappa shape index (κ3) is 3.29. The first kappa shape index (κ1) is 15.2. The lowest BCUT2D eigenvalue weighted by Crippen LogP contribution is -2.43. The summed E-state index contributed by atoms with van der Waals surface area (Å²) in [5.74, 6) is 0.682. The highest BCUT2D eigenvalue weighted by Gasteiger charge is 2.40. The molecule has 1 atom stereocenters. The Morgan fingerprint density at radius 1 is 1.40 bits per heavy atom. The molecule has 1 N–H and O–H groups in total. The summed E-state index contributed by atoms with van der Waals surface area (Å²) in [7, 11) is 1.64. The molecule has 0 amide bonds. The van der Waals surface area contributed by atoms with E-state index in [0.717, 1.165) is 12.0 Å². The van der Waals surface area contributed by atoms with E-state index < -0.39 is 11.7 Å². The number of aromatic nitrogens is 1. The Bertz CT molecular complexity index is 418. The molecule has 2 rings (SSSR count). The van der Waals surface area contributed by atoms with Crippen molar-refractivity contribution in [3.63, 3.8) is 0 Å². The summed E-state index contributed by atoms with van der Waals surface area (Å²) >= 11 is 0. The normalized spacial score (nSPS) is 19.6. The van der Waals surface area contributed by atoms with Gasteiger partial charge in [-0.25, -0.2) is 0 Å².